The van der Waals surface area contributed by atoms with E-state index in [1.165, 1.54) is 0 Å². The van der Waals surface area contributed by atoms with E-state index < -0.39 is 0 Å². The molecule has 5 nitrogen and oxygen atoms in total. The molecule has 2 saturated heterocycles. The smallest absolute Gasteiger partial charge is 0.254 e. The van der Waals surface area contributed by atoms with E-state index in [4.69, 9.17) is 9.47 Å². The Hall–Kier alpha value is -1.75. The fourth-order valence-electron chi connectivity index (χ4n) is 3.79. The lowest BCUT2D eigenvalue weighted by atomic mass is 10.1. The van der Waals surface area contributed by atoms with E-state index in [0.29, 0.717) is 41.7 Å². The van der Waals surface area contributed by atoms with Gasteiger partial charge in [0.2, 0.25) is 0 Å². The number of nitrogens with one attached hydrogen (secondary N) is 1. The van der Waals surface area contributed by atoms with Crippen molar-refractivity contribution in [3.63, 3.8) is 0 Å². The topological polar surface area (TPSA) is 50.8 Å². The molecule has 138 valence electrons. The number of hydrogen-bond donors (Lipinski definition) is 1. The molecule has 2 aliphatic heterocycles. The Kier molecular flexibility index (Phi) is 5.84. The third kappa shape index (κ3) is 4.09. The molecule has 0 aliphatic carbocycles. The second-order valence-electron chi connectivity index (χ2n) is 7.49. The van der Waals surface area contributed by atoms with E-state index in [-0.39, 0.29) is 5.91 Å². The van der Waals surface area contributed by atoms with Crippen LogP contribution in [0.25, 0.3) is 0 Å². The van der Waals surface area contributed by atoms with Gasteiger partial charge in [-0.2, -0.15) is 0 Å². The Morgan fingerprint density at radius 1 is 1.24 bits per heavy atom. The molecule has 0 aromatic heterocycles. The van der Waals surface area contributed by atoms with E-state index in [1.54, 1.807) is 7.11 Å². The predicted molar refractivity (Wildman–Crippen MR) is 98.4 cm³/mol. The molecule has 2 heterocycles. The minimum Gasteiger partial charge on any atom is -0.493 e. The molecule has 5 heteroatoms. The average Bonchev–Trinajstić information content (AvgIpc) is 2.86. The highest BCUT2D eigenvalue weighted by Crippen LogP contribution is 2.33. The number of benzene rings is 1. The van der Waals surface area contributed by atoms with E-state index in [1.807, 2.05) is 18.2 Å². The molecule has 0 saturated carbocycles. The van der Waals surface area contributed by atoms with Crippen molar-refractivity contribution in [3.8, 4) is 11.5 Å². The SMILES string of the molecule is COc1cc(C(=O)N2C3CCNCC2CC3)ccc1OCCC(C)C. The largest absolute Gasteiger partial charge is 0.493 e. The van der Waals surface area contributed by atoms with Crippen molar-refractivity contribution >= 4 is 5.91 Å². The maximum atomic E-state index is 13.1. The standard InChI is InChI=1S/C20H30N2O3/c1-14(2)9-11-25-18-7-4-15(12-19(18)24-3)20(23)22-16-5-6-17(22)13-21-10-8-16/h4,7,12,14,16-17,21H,5-6,8-11,13H2,1-3H3. The van der Waals surface area contributed by atoms with Crippen LogP contribution in [0.2, 0.25) is 0 Å². The van der Waals surface area contributed by atoms with Gasteiger partial charge >= 0.3 is 0 Å². The molecule has 1 aromatic carbocycles. The minimum absolute atomic E-state index is 0.114. The summed E-state index contributed by atoms with van der Waals surface area (Å²) in [6, 6.07) is 6.23. The van der Waals surface area contributed by atoms with Crippen LogP contribution in [0.4, 0.5) is 0 Å². The van der Waals surface area contributed by atoms with Gasteiger partial charge < -0.3 is 19.7 Å². The number of hydrogen-bond acceptors (Lipinski definition) is 4. The molecule has 2 fully saturated rings. The lowest BCUT2D eigenvalue weighted by Crippen LogP contribution is -2.42. The van der Waals surface area contributed by atoms with E-state index in [0.717, 1.165) is 38.8 Å². The Balaban J connectivity index is 1.74. The van der Waals surface area contributed by atoms with Gasteiger partial charge in [-0.3, -0.25) is 4.79 Å². The first-order chi connectivity index (χ1) is 12.1. The summed E-state index contributed by atoms with van der Waals surface area (Å²) in [5, 5.41) is 3.44. The van der Waals surface area contributed by atoms with Crippen LogP contribution in [0.15, 0.2) is 18.2 Å². The second-order valence-corrected chi connectivity index (χ2v) is 7.49. The number of fused-ring (bicyclic) bond motifs is 2. The number of amides is 1. The van der Waals surface area contributed by atoms with Gasteiger partial charge in [0.25, 0.3) is 5.91 Å². The van der Waals surface area contributed by atoms with E-state index >= 15 is 0 Å². The van der Waals surface area contributed by atoms with Crippen LogP contribution in [-0.4, -0.2) is 49.7 Å². The Morgan fingerprint density at radius 3 is 2.80 bits per heavy atom. The summed E-state index contributed by atoms with van der Waals surface area (Å²) in [5.74, 6) is 2.05. The van der Waals surface area contributed by atoms with Gasteiger partial charge in [0.15, 0.2) is 11.5 Å². The summed E-state index contributed by atoms with van der Waals surface area (Å²) in [7, 11) is 1.62. The molecular weight excluding hydrogens is 316 g/mol. The quantitative estimate of drug-likeness (QED) is 0.860. The summed E-state index contributed by atoms with van der Waals surface area (Å²) >= 11 is 0. The number of ether oxygens (including phenoxy) is 2. The van der Waals surface area contributed by atoms with Crippen LogP contribution >= 0.6 is 0 Å². The third-order valence-corrected chi connectivity index (χ3v) is 5.25. The maximum absolute atomic E-state index is 13.1. The van der Waals surface area contributed by atoms with Gasteiger partial charge in [0, 0.05) is 24.2 Å². The van der Waals surface area contributed by atoms with Gasteiger partial charge in [-0.05, 0) is 56.3 Å². The van der Waals surface area contributed by atoms with Gasteiger partial charge in [0.1, 0.15) is 0 Å². The maximum Gasteiger partial charge on any atom is 0.254 e. The number of methoxy groups -OCH3 is 1. The molecular formula is C20H30N2O3. The molecule has 1 amide bonds. The monoisotopic (exact) mass is 346 g/mol. The molecule has 2 bridgehead atoms. The second kappa shape index (κ2) is 8.09. The van der Waals surface area contributed by atoms with Crippen molar-refractivity contribution in [2.75, 3.05) is 26.8 Å². The lowest BCUT2D eigenvalue weighted by Gasteiger charge is -2.28. The van der Waals surface area contributed by atoms with E-state index in [9.17, 15) is 4.79 Å². The highest BCUT2D eigenvalue weighted by Gasteiger charge is 2.38. The third-order valence-electron chi connectivity index (χ3n) is 5.25. The van der Waals surface area contributed by atoms with Crippen molar-refractivity contribution in [3.05, 3.63) is 23.8 Å². The van der Waals surface area contributed by atoms with E-state index in [2.05, 4.69) is 24.1 Å². The summed E-state index contributed by atoms with van der Waals surface area (Å²) in [6.07, 6.45) is 4.24. The summed E-state index contributed by atoms with van der Waals surface area (Å²) in [6.45, 7) is 6.90. The van der Waals surface area contributed by atoms with Crippen LogP contribution in [0.3, 0.4) is 0 Å². The zero-order valence-electron chi connectivity index (χ0n) is 15.6. The molecule has 25 heavy (non-hydrogen) atoms. The summed E-state index contributed by atoms with van der Waals surface area (Å²) in [4.78, 5) is 15.2. The first kappa shape index (κ1) is 18.1. The fourth-order valence-corrected chi connectivity index (χ4v) is 3.79. The first-order valence-corrected chi connectivity index (χ1v) is 9.44. The Bertz CT molecular complexity index is 589. The summed E-state index contributed by atoms with van der Waals surface area (Å²) in [5.41, 5.74) is 0.687. The molecule has 2 unspecified atom stereocenters. The molecule has 0 spiro atoms. The minimum atomic E-state index is 0.114. The number of carbonyl (C=O) groups excluding carboxylic acids is 1. The first-order valence-electron chi connectivity index (χ1n) is 9.44. The van der Waals surface area contributed by atoms with Gasteiger partial charge in [0.05, 0.1) is 13.7 Å². The number of carbonyl (C=O) groups is 1. The normalized spacial score (nSPS) is 22.8. The van der Waals surface area contributed by atoms with Crippen molar-refractivity contribution in [2.45, 2.75) is 51.6 Å². The van der Waals surface area contributed by atoms with Crippen molar-refractivity contribution in [2.24, 2.45) is 5.92 Å². The van der Waals surface area contributed by atoms with Gasteiger partial charge in [-0.25, -0.2) is 0 Å². The summed E-state index contributed by atoms with van der Waals surface area (Å²) < 4.78 is 11.3. The lowest BCUT2D eigenvalue weighted by molar-refractivity contribution is 0.0680. The van der Waals surface area contributed by atoms with Crippen LogP contribution in [-0.2, 0) is 0 Å². The molecule has 1 N–H and O–H groups in total. The van der Waals surface area contributed by atoms with Crippen LogP contribution in [0, 0.1) is 5.92 Å². The predicted octanol–water partition coefficient (Wildman–Crippen LogP) is 3.09. The molecule has 3 rings (SSSR count). The highest BCUT2D eigenvalue weighted by atomic mass is 16.5. The van der Waals surface area contributed by atoms with Crippen molar-refractivity contribution in [1.29, 1.82) is 0 Å². The number of nitrogens with zero attached hydrogens (tertiary/aromatic N) is 1. The number of rotatable bonds is 6. The van der Waals surface area contributed by atoms with Crippen LogP contribution in [0.5, 0.6) is 11.5 Å². The van der Waals surface area contributed by atoms with Crippen LogP contribution < -0.4 is 14.8 Å². The van der Waals surface area contributed by atoms with Crippen molar-refractivity contribution < 1.29 is 14.3 Å². The molecule has 0 radical (unpaired) electrons. The highest BCUT2D eigenvalue weighted by molar-refractivity contribution is 5.95. The van der Waals surface area contributed by atoms with Crippen molar-refractivity contribution in [1.82, 2.24) is 10.2 Å². The zero-order valence-corrected chi connectivity index (χ0v) is 15.6. The van der Waals surface area contributed by atoms with Gasteiger partial charge in [-0.1, -0.05) is 13.8 Å². The fraction of sp³-hybridized carbons (Fsp3) is 0.650. The zero-order chi connectivity index (χ0) is 17.8. The Labute approximate surface area is 150 Å². The van der Waals surface area contributed by atoms with Crippen LogP contribution in [0.1, 0.15) is 49.9 Å². The van der Waals surface area contributed by atoms with Gasteiger partial charge in [-0.15, -0.1) is 0 Å². The molecule has 2 atom stereocenters. The Morgan fingerprint density at radius 2 is 2.04 bits per heavy atom. The average molecular weight is 346 g/mol. The molecule has 1 aromatic rings. The molecule has 2 aliphatic rings.